The summed E-state index contributed by atoms with van der Waals surface area (Å²) in [5, 5.41) is 0. The minimum absolute atomic E-state index is 0.0356. The van der Waals surface area contributed by atoms with Crippen LogP contribution in [0.2, 0.25) is 0 Å². The Morgan fingerprint density at radius 2 is 2.05 bits per heavy atom. The number of hydrogen-bond acceptors (Lipinski definition) is 3. The van der Waals surface area contributed by atoms with Gasteiger partial charge in [-0.2, -0.15) is 0 Å². The molecule has 1 aromatic carbocycles. The first-order valence-electron chi connectivity index (χ1n) is 7.02. The predicted molar refractivity (Wildman–Crippen MR) is 84.1 cm³/mol. The second-order valence-electron chi connectivity index (χ2n) is 5.51. The van der Waals surface area contributed by atoms with E-state index in [2.05, 4.69) is 32.6 Å². The number of benzene rings is 1. The molecule has 21 heavy (non-hydrogen) atoms. The van der Waals surface area contributed by atoms with E-state index in [1.54, 1.807) is 0 Å². The molecular weight excluding hydrogens is 359 g/mol. The van der Waals surface area contributed by atoms with Crippen molar-refractivity contribution in [2.45, 2.75) is 24.2 Å². The summed E-state index contributed by atoms with van der Waals surface area (Å²) in [6.07, 6.45) is 3.03. The molecule has 0 spiro atoms. The van der Waals surface area contributed by atoms with E-state index in [1.165, 1.54) is 12.1 Å². The average molecular weight is 379 g/mol. The SMILES string of the molecule is CN1CCC(CCNS(=O)(=O)c2ccc(Br)c(F)c2)CC1. The van der Waals surface area contributed by atoms with Crippen LogP contribution in [0.1, 0.15) is 19.3 Å². The van der Waals surface area contributed by atoms with Gasteiger partial charge in [-0.3, -0.25) is 0 Å². The monoisotopic (exact) mass is 378 g/mol. The normalized spacial score (nSPS) is 18.0. The van der Waals surface area contributed by atoms with Gasteiger partial charge in [0.1, 0.15) is 5.82 Å². The number of likely N-dealkylation sites (tertiary alicyclic amines) is 1. The highest BCUT2D eigenvalue weighted by Gasteiger charge is 2.19. The van der Waals surface area contributed by atoms with E-state index in [0.29, 0.717) is 12.5 Å². The standard InChI is InChI=1S/C14H20BrFN2O2S/c1-18-8-5-11(6-9-18)4-7-17-21(19,20)12-2-3-13(15)14(16)10-12/h2-3,10-11,17H,4-9H2,1H3. The van der Waals surface area contributed by atoms with E-state index < -0.39 is 15.8 Å². The predicted octanol–water partition coefficient (Wildman–Crippen LogP) is 2.60. The smallest absolute Gasteiger partial charge is 0.240 e. The van der Waals surface area contributed by atoms with Crippen molar-refractivity contribution in [2.24, 2.45) is 5.92 Å². The molecule has 7 heteroatoms. The first-order valence-corrected chi connectivity index (χ1v) is 9.29. The van der Waals surface area contributed by atoms with Crippen LogP contribution in [0.15, 0.2) is 27.6 Å². The van der Waals surface area contributed by atoms with Gasteiger partial charge in [0.05, 0.1) is 9.37 Å². The van der Waals surface area contributed by atoms with Crippen molar-refractivity contribution in [1.29, 1.82) is 0 Å². The maximum Gasteiger partial charge on any atom is 0.240 e. The van der Waals surface area contributed by atoms with Crippen LogP contribution < -0.4 is 4.72 Å². The van der Waals surface area contributed by atoms with E-state index in [9.17, 15) is 12.8 Å². The van der Waals surface area contributed by atoms with Gasteiger partial charge in [0.2, 0.25) is 10.0 Å². The highest BCUT2D eigenvalue weighted by molar-refractivity contribution is 9.10. The molecule has 0 amide bonds. The molecular formula is C14H20BrFN2O2S. The second-order valence-corrected chi connectivity index (χ2v) is 8.13. The fourth-order valence-electron chi connectivity index (χ4n) is 2.48. The Hall–Kier alpha value is -0.500. The molecule has 1 aliphatic heterocycles. The van der Waals surface area contributed by atoms with Gasteiger partial charge in [0.15, 0.2) is 0 Å². The highest BCUT2D eigenvalue weighted by Crippen LogP contribution is 2.21. The zero-order valence-corrected chi connectivity index (χ0v) is 14.4. The average Bonchev–Trinajstić information content (AvgIpc) is 2.44. The first-order chi connectivity index (χ1) is 9.88. The molecule has 1 N–H and O–H groups in total. The van der Waals surface area contributed by atoms with Crippen molar-refractivity contribution >= 4 is 26.0 Å². The summed E-state index contributed by atoms with van der Waals surface area (Å²) < 4.78 is 40.4. The number of hydrogen-bond donors (Lipinski definition) is 1. The third-order valence-corrected chi connectivity index (χ3v) is 5.99. The number of rotatable bonds is 5. The molecule has 2 rings (SSSR count). The van der Waals surface area contributed by atoms with Gasteiger partial charge in [-0.15, -0.1) is 0 Å². The Morgan fingerprint density at radius 1 is 1.38 bits per heavy atom. The lowest BCUT2D eigenvalue weighted by Crippen LogP contribution is -2.32. The molecule has 0 aromatic heterocycles. The van der Waals surface area contributed by atoms with Crippen LogP contribution in [0, 0.1) is 11.7 Å². The van der Waals surface area contributed by atoms with Crippen molar-refractivity contribution in [3.05, 3.63) is 28.5 Å². The fourth-order valence-corrected chi connectivity index (χ4v) is 3.78. The van der Waals surface area contributed by atoms with E-state index >= 15 is 0 Å². The van der Waals surface area contributed by atoms with Crippen LogP contribution in [0.4, 0.5) is 4.39 Å². The van der Waals surface area contributed by atoms with Crippen LogP contribution in [-0.2, 0) is 10.0 Å². The van der Waals surface area contributed by atoms with Crippen LogP contribution >= 0.6 is 15.9 Å². The summed E-state index contributed by atoms with van der Waals surface area (Å²) in [6, 6.07) is 3.83. The van der Waals surface area contributed by atoms with E-state index in [1.807, 2.05) is 0 Å². The number of nitrogens with one attached hydrogen (secondary N) is 1. The number of halogens is 2. The minimum Gasteiger partial charge on any atom is -0.306 e. The summed E-state index contributed by atoms with van der Waals surface area (Å²) in [4.78, 5) is 2.25. The summed E-state index contributed by atoms with van der Waals surface area (Å²) >= 11 is 3.01. The number of piperidine rings is 1. The molecule has 1 saturated heterocycles. The largest absolute Gasteiger partial charge is 0.306 e. The van der Waals surface area contributed by atoms with E-state index in [-0.39, 0.29) is 9.37 Å². The molecule has 0 bridgehead atoms. The Labute approximate surface area is 133 Å². The van der Waals surface area contributed by atoms with Gasteiger partial charge >= 0.3 is 0 Å². The van der Waals surface area contributed by atoms with E-state index in [4.69, 9.17) is 0 Å². The molecule has 1 fully saturated rings. The van der Waals surface area contributed by atoms with Gasteiger partial charge in [0, 0.05) is 6.54 Å². The lowest BCUT2D eigenvalue weighted by Gasteiger charge is -2.28. The summed E-state index contributed by atoms with van der Waals surface area (Å²) in [5.74, 6) is -0.0150. The van der Waals surface area contributed by atoms with E-state index in [0.717, 1.165) is 38.4 Å². The maximum atomic E-state index is 13.4. The van der Waals surface area contributed by atoms with Crippen LogP contribution in [0.3, 0.4) is 0 Å². The van der Waals surface area contributed by atoms with Crippen LogP contribution in [0.25, 0.3) is 0 Å². The van der Waals surface area contributed by atoms with Crippen molar-refractivity contribution in [3.63, 3.8) is 0 Å². The van der Waals surface area contributed by atoms with Crippen LogP contribution in [-0.4, -0.2) is 40.0 Å². The Kier molecular flexibility index (Phi) is 5.76. The number of nitrogens with zero attached hydrogens (tertiary/aromatic N) is 1. The molecule has 1 heterocycles. The summed E-state index contributed by atoms with van der Waals surface area (Å²) in [7, 11) is -1.53. The Bertz CT molecular complexity index is 587. The summed E-state index contributed by atoms with van der Waals surface area (Å²) in [5.41, 5.74) is 0. The minimum atomic E-state index is -3.63. The third-order valence-electron chi connectivity index (χ3n) is 3.88. The lowest BCUT2D eigenvalue weighted by atomic mass is 9.94. The van der Waals surface area contributed by atoms with Crippen molar-refractivity contribution in [1.82, 2.24) is 9.62 Å². The van der Waals surface area contributed by atoms with Gasteiger partial charge in [-0.25, -0.2) is 17.5 Å². The van der Waals surface area contributed by atoms with Gasteiger partial charge in [0.25, 0.3) is 0 Å². The molecule has 0 saturated carbocycles. The maximum absolute atomic E-state index is 13.4. The van der Waals surface area contributed by atoms with Crippen molar-refractivity contribution in [2.75, 3.05) is 26.7 Å². The Balaban J connectivity index is 1.88. The lowest BCUT2D eigenvalue weighted by molar-refractivity contribution is 0.213. The first kappa shape index (κ1) is 16.9. The second kappa shape index (κ2) is 7.17. The van der Waals surface area contributed by atoms with Crippen molar-refractivity contribution in [3.8, 4) is 0 Å². The molecule has 4 nitrogen and oxygen atoms in total. The topological polar surface area (TPSA) is 49.4 Å². The third kappa shape index (κ3) is 4.74. The van der Waals surface area contributed by atoms with Crippen molar-refractivity contribution < 1.29 is 12.8 Å². The van der Waals surface area contributed by atoms with Crippen LogP contribution in [0.5, 0.6) is 0 Å². The molecule has 1 aliphatic rings. The molecule has 118 valence electrons. The quantitative estimate of drug-likeness (QED) is 0.856. The highest BCUT2D eigenvalue weighted by atomic mass is 79.9. The summed E-state index contributed by atoms with van der Waals surface area (Å²) in [6.45, 7) is 2.53. The fraction of sp³-hybridized carbons (Fsp3) is 0.571. The molecule has 0 unspecified atom stereocenters. The van der Waals surface area contributed by atoms with Gasteiger partial charge in [-0.05, 0) is 79.4 Å². The number of sulfonamides is 1. The van der Waals surface area contributed by atoms with Gasteiger partial charge in [-0.1, -0.05) is 0 Å². The molecule has 0 radical (unpaired) electrons. The van der Waals surface area contributed by atoms with Gasteiger partial charge < -0.3 is 4.90 Å². The zero-order valence-electron chi connectivity index (χ0n) is 12.0. The molecule has 0 aliphatic carbocycles. The molecule has 1 aromatic rings. The zero-order chi connectivity index (χ0) is 15.5. The Morgan fingerprint density at radius 3 is 2.67 bits per heavy atom. The molecule has 0 atom stereocenters.